The summed E-state index contributed by atoms with van der Waals surface area (Å²) in [5, 5.41) is 0. The van der Waals surface area contributed by atoms with Gasteiger partial charge in [0.15, 0.2) is 0 Å². The molecular formula is C9H17O. The van der Waals surface area contributed by atoms with Gasteiger partial charge in [-0.1, -0.05) is 0 Å². The van der Waals surface area contributed by atoms with E-state index in [1.54, 1.807) is 7.11 Å². The lowest BCUT2D eigenvalue weighted by Gasteiger charge is -2.14. The summed E-state index contributed by atoms with van der Waals surface area (Å²) < 4.78 is 5.16. The fourth-order valence-electron chi connectivity index (χ4n) is 1.28. The summed E-state index contributed by atoms with van der Waals surface area (Å²) in [6.07, 6.45) is 4.30. The van der Waals surface area contributed by atoms with Crippen LogP contribution in [0.3, 0.4) is 0 Å². The molecule has 1 fully saturated rings. The molecule has 1 aliphatic rings. The molecule has 0 aromatic heterocycles. The van der Waals surface area contributed by atoms with E-state index >= 15 is 0 Å². The monoisotopic (exact) mass is 141 g/mol. The average Bonchev–Trinajstić information content (AvgIpc) is 2.68. The van der Waals surface area contributed by atoms with Crippen molar-refractivity contribution in [3.8, 4) is 0 Å². The lowest BCUT2D eigenvalue weighted by atomic mass is 9.99. The van der Waals surface area contributed by atoms with Gasteiger partial charge in [-0.25, -0.2) is 0 Å². The van der Waals surface area contributed by atoms with Crippen LogP contribution in [0.1, 0.15) is 26.2 Å². The molecule has 1 rings (SSSR count). The second kappa shape index (κ2) is 3.38. The Hall–Kier alpha value is -0.0400. The van der Waals surface area contributed by atoms with Crippen LogP contribution < -0.4 is 0 Å². The molecule has 2 unspecified atom stereocenters. The van der Waals surface area contributed by atoms with E-state index in [0.29, 0.717) is 12.0 Å². The van der Waals surface area contributed by atoms with Crippen LogP contribution in [0.4, 0.5) is 0 Å². The molecule has 1 aliphatic carbocycles. The molecular weight excluding hydrogens is 124 g/mol. The topological polar surface area (TPSA) is 9.23 Å². The summed E-state index contributed by atoms with van der Waals surface area (Å²) in [7, 11) is 1.77. The second-order valence-electron chi connectivity index (χ2n) is 3.38. The molecule has 0 aliphatic heterocycles. The summed E-state index contributed by atoms with van der Waals surface area (Å²) in [6.45, 7) is 6.22. The van der Waals surface area contributed by atoms with Crippen LogP contribution in [0.25, 0.3) is 0 Å². The molecule has 0 saturated heterocycles. The summed E-state index contributed by atoms with van der Waals surface area (Å²) in [6, 6.07) is 0. The van der Waals surface area contributed by atoms with Gasteiger partial charge in [-0.2, -0.15) is 0 Å². The summed E-state index contributed by atoms with van der Waals surface area (Å²) >= 11 is 0. The van der Waals surface area contributed by atoms with Crippen molar-refractivity contribution in [1.29, 1.82) is 0 Å². The van der Waals surface area contributed by atoms with Gasteiger partial charge in [0.05, 0.1) is 6.10 Å². The molecule has 0 aromatic rings. The van der Waals surface area contributed by atoms with E-state index < -0.39 is 0 Å². The maximum atomic E-state index is 5.16. The molecule has 0 N–H and O–H groups in total. The Balaban J connectivity index is 2.10. The maximum absolute atomic E-state index is 5.16. The first-order valence-corrected chi connectivity index (χ1v) is 4.10. The largest absolute Gasteiger partial charge is 0.382 e. The number of rotatable bonds is 4. The van der Waals surface area contributed by atoms with Crippen molar-refractivity contribution in [2.45, 2.75) is 32.3 Å². The zero-order valence-corrected chi connectivity index (χ0v) is 6.97. The van der Waals surface area contributed by atoms with Crippen molar-refractivity contribution in [2.75, 3.05) is 7.11 Å². The maximum Gasteiger partial charge on any atom is 0.0546 e. The summed E-state index contributed by atoms with van der Waals surface area (Å²) in [4.78, 5) is 0. The van der Waals surface area contributed by atoms with Crippen molar-refractivity contribution < 1.29 is 4.74 Å². The molecule has 0 spiro atoms. The summed E-state index contributed by atoms with van der Waals surface area (Å²) in [5.41, 5.74) is 0. The highest BCUT2D eigenvalue weighted by Crippen LogP contribution is 2.38. The molecule has 10 heavy (non-hydrogen) atoms. The van der Waals surface area contributed by atoms with Crippen LogP contribution in [0.15, 0.2) is 0 Å². The third-order valence-electron chi connectivity index (χ3n) is 2.33. The Labute approximate surface area is 63.8 Å². The Kier molecular flexibility index (Phi) is 2.72. The van der Waals surface area contributed by atoms with Gasteiger partial charge in [-0.3, -0.25) is 0 Å². The molecule has 0 aromatic carbocycles. The fraction of sp³-hybridized carbons (Fsp3) is 0.889. The van der Waals surface area contributed by atoms with Crippen molar-refractivity contribution in [1.82, 2.24) is 0 Å². The van der Waals surface area contributed by atoms with Crippen LogP contribution in [0.2, 0.25) is 0 Å². The van der Waals surface area contributed by atoms with E-state index in [4.69, 9.17) is 4.74 Å². The number of hydrogen-bond donors (Lipinski definition) is 0. The van der Waals surface area contributed by atoms with Gasteiger partial charge in [0.25, 0.3) is 0 Å². The Bertz CT molecular complexity index is 96.9. The first kappa shape index (κ1) is 8.06. The Morgan fingerprint density at radius 3 is 2.60 bits per heavy atom. The van der Waals surface area contributed by atoms with Gasteiger partial charge in [0.2, 0.25) is 0 Å². The second-order valence-corrected chi connectivity index (χ2v) is 3.38. The minimum atomic E-state index is 0.392. The van der Waals surface area contributed by atoms with Gasteiger partial charge < -0.3 is 4.74 Å². The van der Waals surface area contributed by atoms with Gasteiger partial charge >= 0.3 is 0 Å². The van der Waals surface area contributed by atoms with Crippen molar-refractivity contribution in [2.24, 2.45) is 11.8 Å². The molecule has 0 bridgehead atoms. The standard InChI is InChI=1S/C9H17O/c1-7(9-4-5-9)6-8(2)10-3/h7-9H,1,4-6H2,2-3H3. The van der Waals surface area contributed by atoms with Crippen LogP contribution >= 0.6 is 0 Å². The minimum absolute atomic E-state index is 0.392. The zero-order chi connectivity index (χ0) is 7.56. The smallest absolute Gasteiger partial charge is 0.0546 e. The fourth-order valence-corrected chi connectivity index (χ4v) is 1.28. The Morgan fingerprint density at radius 1 is 1.60 bits per heavy atom. The third-order valence-corrected chi connectivity index (χ3v) is 2.33. The van der Waals surface area contributed by atoms with Crippen LogP contribution in [-0.4, -0.2) is 13.2 Å². The van der Waals surface area contributed by atoms with E-state index in [9.17, 15) is 0 Å². The molecule has 1 nitrogen and oxygen atoms in total. The lowest BCUT2D eigenvalue weighted by molar-refractivity contribution is 0.0978. The number of methoxy groups -OCH3 is 1. The quantitative estimate of drug-likeness (QED) is 0.583. The van der Waals surface area contributed by atoms with Crippen LogP contribution in [0, 0.1) is 18.8 Å². The predicted molar refractivity (Wildman–Crippen MR) is 42.7 cm³/mol. The van der Waals surface area contributed by atoms with Crippen molar-refractivity contribution in [3.63, 3.8) is 0 Å². The normalized spacial score (nSPS) is 24.3. The SMILES string of the molecule is [CH2]C(CC(C)OC)C1CC1. The predicted octanol–water partition coefficient (Wildman–Crippen LogP) is 2.27. The van der Waals surface area contributed by atoms with Gasteiger partial charge in [-0.05, 0) is 44.9 Å². The molecule has 59 valence electrons. The van der Waals surface area contributed by atoms with Gasteiger partial charge in [-0.15, -0.1) is 0 Å². The van der Waals surface area contributed by atoms with E-state index in [1.165, 1.54) is 12.8 Å². The highest BCUT2D eigenvalue weighted by Gasteiger charge is 2.28. The molecule has 1 saturated carbocycles. The van der Waals surface area contributed by atoms with Crippen LogP contribution in [0.5, 0.6) is 0 Å². The van der Waals surface area contributed by atoms with Crippen LogP contribution in [-0.2, 0) is 4.74 Å². The molecule has 0 amide bonds. The molecule has 2 atom stereocenters. The van der Waals surface area contributed by atoms with Crippen molar-refractivity contribution >= 4 is 0 Å². The first-order valence-electron chi connectivity index (χ1n) is 4.10. The highest BCUT2D eigenvalue weighted by molar-refractivity contribution is 4.83. The highest BCUT2D eigenvalue weighted by atomic mass is 16.5. The van der Waals surface area contributed by atoms with E-state index in [2.05, 4.69) is 13.8 Å². The minimum Gasteiger partial charge on any atom is -0.382 e. The molecule has 0 heterocycles. The molecule has 1 radical (unpaired) electrons. The zero-order valence-electron chi connectivity index (χ0n) is 6.97. The average molecular weight is 141 g/mol. The van der Waals surface area contributed by atoms with Gasteiger partial charge in [0.1, 0.15) is 0 Å². The number of hydrogen-bond acceptors (Lipinski definition) is 1. The van der Waals surface area contributed by atoms with E-state index in [-0.39, 0.29) is 0 Å². The van der Waals surface area contributed by atoms with Crippen molar-refractivity contribution in [3.05, 3.63) is 6.92 Å². The number of ether oxygens (including phenoxy) is 1. The Morgan fingerprint density at radius 2 is 2.20 bits per heavy atom. The third kappa shape index (κ3) is 2.30. The van der Waals surface area contributed by atoms with E-state index in [1.807, 2.05) is 0 Å². The first-order chi connectivity index (χ1) is 4.74. The van der Waals surface area contributed by atoms with E-state index in [0.717, 1.165) is 12.3 Å². The summed E-state index contributed by atoms with van der Waals surface area (Å²) in [5.74, 6) is 1.55. The van der Waals surface area contributed by atoms with Gasteiger partial charge in [0, 0.05) is 7.11 Å². The molecule has 1 heteroatoms. The lowest BCUT2D eigenvalue weighted by Crippen LogP contribution is -2.11.